The maximum atomic E-state index is 12.0. The van der Waals surface area contributed by atoms with Gasteiger partial charge in [0, 0.05) is 18.7 Å². The number of amides is 1. The van der Waals surface area contributed by atoms with Crippen molar-refractivity contribution in [3.05, 3.63) is 12.2 Å². The van der Waals surface area contributed by atoms with E-state index in [-0.39, 0.29) is 5.91 Å². The number of unbranched alkanes of at least 4 members (excludes halogenated alkanes) is 2. The van der Waals surface area contributed by atoms with E-state index in [4.69, 9.17) is 5.73 Å². The summed E-state index contributed by atoms with van der Waals surface area (Å²) in [7, 11) is 0. The van der Waals surface area contributed by atoms with Crippen LogP contribution in [0.4, 0.5) is 0 Å². The van der Waals surface area contributed by atoms with Crippen molar-refractivity contribution < 1.29 is 4.79 Å². The molecule has 16 heavy (non-hydrogen) atoms. The van der Waals surface area contributed by atoms with Crippen molar-refractivity contribution in [3.63, 3.8) is 0 Å². The molecule has 3 nitrogen and oxygen atoms in total. The Morgan fingerprint density at radius 1 is 1.19 bits per heavy atom. The van der Waals surface area contributed by atoms with E-state index in [0.29, 0.717) is 18.5 Å². The van der Waals surface area contributed by atoms with Crippen LogP contribution in [-0.2, 0) is 4.79 Å². The van der Waals surface area contributed by atoms with Crippen LogP contribution in [0.3, 0.4) is 0 Å². The molecule has 0 aliphatic heterocycles. The number of nitrogens with zero attached hydrogens (tertiary/aromatic N) is 1. The van der Waals surface area contributed by atoms with Gasteiger partial charge >= 0.3 is 0 Å². The maximum absolute atomic E-state index is 12.0. The van der Waals surface area contributed by atoms with Gasteiger partial charge in [-0.2, -0.15) is 0 Å². The van der Waals surface area contributed by atoms with Crippen molar-refractivity contribution in [3.8, 4) is 0 Å². The second-order valence-electron chi connectivity index (χ2n) is 4.14. The van der Waals surface area contributed by atoms with Gasteiger partial charge in [-0.05, 0) is 25.8 Å². The lowest BCUT2D eigenvalue weighted by molar-refractivity contribution is -0.127. The van der Waals surface area contributed by atoms with Crippen molar-refractivity contribution >= 4 is 5.91 Å². The molecule has 1 amide bonds. The molecule has 3 heteroatoms. The van der Waals surface area contributed by atoms with E-state index in [9.17, 15) is 4.79 Å². The van der Waals surface area contributed by atoms with E-state index in [2.05, 4.69) is 20.4 Å². The Labute approximate surface area is 99.7 Å². The van der Waals surface area contributed by atoms with Crippen molar-refractivity contribution in [1.29, 1.82) is 0 Å². The molecule has 0 heterocycles. The molecule has 0 saturated carbocycles. The fourth-order valence-corrected chi connectivity index (χ4v) is 1.52. The zero-order valence-corrected chi connectivity index (χ0v) is 10.8. The van der Waals surface area contributed by atoms with Gasteiger partial charge in [-0.1, -0.05) is 33.3 Å². The number of rotatable bonds is 9. The highest BCUT2D eigenvalue weighted by Gasteiger charge is 2.14. The number of nitrogens with two attached hydrogens (primary N) is 1. The van der Waals surface area contributed by atoms with Crippen LogP contribution in [0.5, 0.6) is 0 Å². The Kier molecular flexibility index (Phi) is 8.91. The molecular formula is C13H26N2O. The molecule has 0 bridgehead atoms. The average molecular weight is 226 g/mol. The monoisotopic (exact) mass is 226 g/mol. The predicted molar refractivity (Wildman–Crippen MR) is 69.2 cm³/mol. The number of carbonyl (C=O) groups excluding carboxylic acids is 1. The summed E-state index contributed by atoms with van der Waals surface area (Å²) in [5.74, 6) is 0.0901. The Bertz CT molecular complexity index is 206. The van der Waals surface area contributed by atoms with Crippen LogP contribution in [0.2, 0.25) is 0 Å². The van der Waals surface area contributed by atoms with Gasteiger partial charge in [-0.25, -0.2) is 0 Å². The van der Waals surface area contributed by atoms with Crippen molar-refractivity contribution in [2.75, 3.05) is 19.6 Å². The molecule has 2 N–H and O–H groups in total. The quantitative estimate of drug-likeness (QED) is 0.613. The van der Waals surface area contributed by atoms with Crippen molar-refractivity contribution in [2.24, 2.45) is 5.73 Å². The van der Waals surface area contributed by atoms with Gasteiger partial charge in [-0.15, -0.1) is 0 Å². The zero-order chi connectivity index (χ0) is 12.4. The molecule has 0 radical (unpaired) electrons. The van der Waals surface area contributed by atoms with E-state index in [1.165, 1.54) is 0 Å². The second-order valence-corrected chi connectivity index (χ2v) is 4.14. The number of carbonyl (C=O) groups is 1. The van der Waals surface area contributed by atoms with E-state index < -0.39 is 0 Å². The largest absolute Gasteiger partial charge is 0.339 e. The third-order valence-corrected chi connectivity index (χ3v) is 2.60. The maximum Gasteiger partial charge on any atom is 0.249 e. The van der Waals surface area contributed by atoms with Gasteiger partial charge in [0.2, 0.25) is 5.91 Å². The Hall–Kier alpha value is -0.830. The number of hydrogen-bond acceptors (Lipinski definition) is 2. The molecule has 0 unspecified atom stereocenters. The summed E-state index contributed by atoms with van der Waals surface area (Å²) in [4.78, 5) is 13.9. The highest BCUT2D eigenvalue weighted by atomic mass is 16.2. The van der Waals surface area contributed by atoms with Crippen LogP contribution in [0, 0.1) is 0 Å². The average Bonchev–Trinajstić information content (AvgIpc) is 2.29. The normalized spacial score (nSPS) is 10.2. The van der Waals surface area contributed by atoms with Gasteiger partial charge in [0.1, 0.15) is 0 Å². The molecule has 0 atom stereocenters. The van der Waals surface area contributed by atoms with Gasteiger partial charge < -0.3 is 10.6 Å². The molecular weight excluding hydrogens is 200 g/mol. The van der Waals surface area contributed by atoms with Crippen LogP contribution in [0.15, 0.2) is 12.2 Å². The smallest absolute Gasteiger partial charge is 0.249 e. The fraction of sp³-hybridized carbons (Fsp3) is 0.769. The molecule has 0 spiro atoms. The first kappa shape index (κ1) is 15.2. The van der Waals surface area contributed by atoms with Crippen LogP contribution in [0.25, 0.3) is 0 Å². The number of hydrogen-bond donors (Lipinski definition) is 1. The first-order valence-electron chi connectivity index (χ1n) is 6.34. The minimum Gasteiger partial charge on any atom is -0.339 e. The summed E-state index contributed by atoms with van der Waals surface area (Å²) in [5, 5.41) is 0. The summed E-state index contributed by atoms with van der Waals surface area (Å²) in [5.41, 5.74) is 6.08. The minimum absolute atomic E-state index is 0.0901. The summed E-state index contributed by atoms with van der Waals surface area (Å²) < 4.78 is 0. The zero-order valence-electron chi connectivity index (χ0n) is 10.8. The molecule has 0 aromatic rings. The van der Waals surface area contributed by atoms with E-state index >= 15 is 0 Å². The van der Waals surface area contributed by atoms with Gasteiger partial charge in [-0.3, -0.25) is 4.79 Å². The van der Waals surface area contributed by atoms with E-state index in [1.54, 1.807) is 0 Å². The molecule has 0 saturated heterocycles. The van der Waals surface area contributed by atoms with Crippen LogP contribution in [-0.4, -0.2) is 30.4 Å². The Morgan fingerprint density at radius 3 is 2.06 bits per heavy atom. The highest BCUT2D eigenvalue weighted by molar-refractivity contribution is 5.92. The third kappa shape index (κ3) is 5.91. The molecule has 0 aliphatic rings. The van der Waals surface area contributed by atoms with Crippen LogP contribution >= 0.6 is 0 Å². The van der Waals surface area contributed by atoms with Crippen molar-refractivity contribution in [2.45, 2.75) is 46.0 Å². The standard InChI is InChI=1S/C13H26N2O/c1-4-6-10-15(11-7-5-2)13(16)12(3)8-9-14/h3-11,14H2,1-2H3. The van der Waals surface area contributed by atoms with Gasteiger partial charge in [0.05, 0.1) is 0 Å². The van der Waals surface area contributed by atoms with E-state index in [0.717, 1.165) is 38.8 Å². The summed E-state index contributed by atoms with van der Waals surface area (Å²) in [6.45, 7) is 10.3. The lowest BCUT2D eigenvalue weighted by Gasteiger charge is -2.23. The fourth-order valence-electron chi connectivity index (χ4n) is 1.52. The second kappa shape index (κ2) is 9.40. The van der Waals surface area contributed by atoms with Crippen LogP contribution < -0.4 is 5.73 Å². The first-order valence-corrected chi connectivity index (χ1v) is 6.34. The SMILES string of the molecule is C=C(CCN)C(=O)N(CCCC)CCCC. The van der Waals surface area contributed by atoms with E-state index in [1.807, 2.05) is 4.90 Å². The highest BCUT2D eigenvalue weighted by Crippen LogP contribution is 2.07. The molecule has 0 aromatic carbocycles. The molecule has 0 aliphatic carbocycles. The topological polar surface area (TPSA) is 46.3 Å². The predicted octanol–water partition coefficient (Wildman–Crippen LogP) is 2.32. The molecule has 94 valence electrons. The summed E-state index contributed by atoms with van der Waals surface area (Å²) >= 11 is 0. The summed E-state index contributed by atoms with van der Waals surface area (Å²) in [6, 6.07) is 0. The molecule has 0 fully saturated rings. The lowest BCUT2D eigenvalue weighted by Crippen LogP contribution is -2.34. The van der Waals surface area contributed by atoms with Crippen LogP contribution in [0.1, 0.15) is 46.0 Å². The first-order chi connectivity index (χ1) is 7.67. The molecule has 0 aromatic heterocycles. The Balaban J connectivity index is 4.23. The van der Waals surface area contributed by atoms with Gasteiger partial charge in [0.15, 0.2) is 0 Å². The van der Waals surface area contributed by atoms with Crippen molar-refractivity contribution in [1.82, 2.24) is 4.90 Å². The van der Waals surface area contributed by atoms with Gasteiger partial charge in [0.25, 0.3) is 0 Å². The Morgan fingerprint density at radius 2 is 1.69 bits per heavy atom. The summed E-state index contributed by atoms with van der Waals surface area (Å²) in [6.07, 6.45) is 4.95. The third-order valence-electron chi connectivity index (χ3n) is 2.60. The molecule has 0 rings (SSSR count). The minimum atomic E-state index is 0.0901. The lowest BCUT2D eigenvalue weighted by atomic mass is 10.1.